The zero-order valence-electron chi connectivity index (χ0n) is 20.1. The van der Waals surface area contributed by atoms with Gasteiger partial charge in [-0.05, 0) is 74.0 Å². The second-order valence-corrected chi connectivity index (χ2v) is 11.3. The van der Waals surface area contributed by atoms with Gasteiger partial charge in [-0.25, -0.2) is 8.42 Å². The van der Waals surface area contributed by atoms with Crippen LogP contribution in [-0.4, -0.2) is 44.5 Å². The van der Waals surface area contributed by atoms with E-state index >= 15 is 0 Å². The SMILES string of the molecule is O=C(C[C@@H](NS(=O)(=O)c1ccccc1)C(F)(F)F)N[C@@H]1CCCc2cc(CN3CCCCC3)ccc21. The molecular formula is C26H32F3N3O3S. The summed E-state index contributed by atoms with van der Waals surface area (Å²) in [5.41, 5.74) is 3.23. The van der Waals surface area contributed by atoms with Gasteiger partial charge in [-0.2, -0.15) is 17.9 Å². The van der Waals surface area contributed by atoms with Crippen LogP contribution in [0.4, 0.5) is 13.2 Å². The summed E-state index contributed by atoms with van der Waals surface area (Å²) in [6.45, 7) is 3.05. The van der Waals surface area contributed by atoms with Crippen molar-refractivity contribution in [3.05, 3.63) is 65.2 Å². The third kappa shape index (κ3) is 6.86. The van der Waals surface area contributed by atoms with Gasteiger partial charge in [-0.3, -0.25) is 9.69 Å². The first-order valence-electron chi connectivity index (χ1n) is 12.4. The minimum atomic E-state index is -4.92. The Balaban J connectivity index is 1.42. The van der Waals surface area contributed by atoms with Crippen LogP contribution in [0.5, 0.6) is 0 Å². The number of likely N-dealkylation sites (tertiary alicyclic amines) is 1. The Kier molecular flexibility index (Phi) is 8.37. The molecule has 2 aromatic rings. The van der Waals surface area contributed by atoms with Gasteiger partial charge in [0.15, 0.2) is 0 Å². The fourth-order valence-corrected chi connectivity index (χ4v) is 6.25. The molecule has 2 aliphatic rings. The topological polar surface area (TPSA) is 78.5 Å². The van der Waals surface area contributed by atoms with Crippen molar-refractivity contribution in [2.45, 2.75) is 74.6 Å². The van der Waals surface area contributed by atoms with Gasteiger partial charge in [0.05, 0.1) is 17.4 Å². The van der Waals surface area contributed by atoms with E-state index in [0.717, 1.165) is 43.6 Å². The van der Waals surface area contributed by atoms with Gasteiger partial charge in [-0.1, -0.05) is 42.8 Å². The van der Waals surface area contributed by atoms with Gasteiger partial charge in [0, 0.05) is 6.54 Å². The van der Waals surface area contributed by atoms with E-state index in [1.165, 1.54) is 49.1 Å². The van der Waals surface area contributed by atoms with Crippen molar-refractivity contribution in [3.8, 4) is 0 Å². The number of fused-ring (bicyclic) bond motifs is 1. The molecule has 10 heteroatoms. The zero-order chi connectivity index (χ0) is 25.8. The molecule has 1 fully saturated rings. The highest BCUT2D eigenvalue weighted by atomic mass is 32.2. The summed E-state index contributed by atoms with van der Waals surface area (Å²) < 4.78 is 67.6. The molecule has 1 heterocycles. The highest BCUT2D eigenvalue weighted by Crippen LogP contribution is 2.32. The van der Waals surface area contributed by atoms with Gasteiger partial charge in [-0.15, -0.1) is 0 Å². The van der Waals surface area contributed by atoms with Crippen LogP contribution in [0.1, 0.15) is 61.3 Å². The number of rotatable bonds is 8. The molecule has 0 aromatic heterocycles. The number of nitrogens with one attached hydrogen (secondary N) is 2. The third-order valence-corrected chi connectivity index (χ3v) is 8.33. The molecule has 6 nitrogen and oxygen atoms in total. The van der Waals surface area contributed by atoms with E-state index in [0.29, 0.717) is 6.42 Å². The second-order valence-electron chi connectivity index (χ2n) is 9.61. The maximum Gasteiger partial charge on any atom is 0.405 e. The molecule has 1 aliphatic carbocycles. The fraction of sp³-hybridized carbons (Fsp3) is 0.500. The van der Waals surface area contributed by atoms with Crippen molar-refractivity contribution < 1.29 is 26.4 Å². The summed E-state index contributed by atoms with van der Waals surface area (Å²) in [4.78, 5) is 14.8. The van der Waals surface area contributed by atoms with E-state index in [1.54, 1.807) is 10.8 Å². The molecule has 0 spiro atoms. The van der Waals surface area contributed by atoms with Crippen LogP contribution in [0.3, 0.4) is 0 Å². The Morgan fingerprint density at radius 1 is 1.03 bits per heavy atom. The van der Waals surface area contributed by atoms with Crippen molar-refractivity contribution in [2.24, 2.45) is 0 Å². The lowest BCUT2D eigenvalue weighted by Gasteiger charge is -2.30. The molecule has 2 N–H and O–H groups in total. The largest absolute Gasteiger partial charge is 0.405 e. The van der Waals surface area contributed by atoms with Gasteiger partial charge in [0.2, 0.25) is 15.9 Å². The number of amides is 1. The monoisotopic (exact) mass is 523 g/mol. The van der Waals surface area contributed by atoms with E-state index < -0.39 is 40.6 Å². The Morgan fingerprint density at radius 2 is 1.75 bits per heavy atom. The molecule has 0 saturated carbocycles. The Morgan fingerprint density at radius 3 is 2.44 bits per heavy atom. The zero-order valence-corrected chi connectivity index (χ0v) is 20.9. The van der Waals surface area contributed by atoms with Crippen molar-refractivity contribution in [1.82, 2.24) is 14.9 Å². The molecule has 2 aromatic carbocycles. The maximum atomic E-state index is 13.7. The number of carbonyl (C=O) groups is 1. The van der Waals surface area contributed by atoms with Crippen molar-refractivity contribution in [3.63, 3.8) is 0 Å². The molecule has 2 atom stereocenters. The third-order valence-electron chi connectivity index (χ3n) is 6.85. The van der Waals surface area contributed by atoms with Gasteiger partial charge >= 0.3 is 6.18 Å². The highest BCUT2D eigenvalue weighted by molar-refractivity contribution is 7.89. The summed E-state index contributed by atoms with van der Waals surface area (Å²) in [6.07, 6.45) is 0.0219. The first-order chi connectivity index (χ1) is 17.1. The van der Waals surface area contributed by atoms with Crippen LogP contribution >= 0.6 is 0 Å². The highest BCUT2D eigenvalue weighted by Gasteiger charge is 2.43. The lowest BCUT2D eigenvalue weighted by molar-refractivity contribution is -0.158. The van der Waals surface area contributed by atoms with Crippen LogP contribution in [0.15, 0.2) is 53.4 Å². The molecular weight excluding hydrogens is 491 g/mol. The summed E-state index contributed by atoms with van der Waals surface area (Å²) in [5.74, 6) is -0.844. The smallest absolute Gasteiger partial charge is 0.349 e. The summed E-state index contributed by atoms with van der Waals surface area (Å²) in [7, 11) is -4.44. The molecule has 0 bridgehead atoms. The predicted octanol–water partition coefficient (Wildman–Crippen LogP) is 4.47. The quantitative estimate of drug-likeness (QED) is 0.536. The number of hydrogen-bond acceptors (Lipinski definition) is 4. The van der Waals surface area contributed by atoms with E-state index in [9.17, 15) is 26.4 Å². The van der Waals surface area contributed by atoms with E-state index in [4.69, 9.17) is 0 Å². The number of benzene rings is 2. The van der Waals surface area contributed by atoms with E-state index in [1.807, 2.05) is 12.1 Å². The standard InChI is InChI=1S/C26H32F3N3O3S/c27-26(28,29)24(31-36(34,35)21-9-3-1-4-10-21)17-25(33)30-23-11-7-8-20-16-19(12-13-22(20)23)18-32-14-5-2-6-15-32/h1,3-4,9-10,12-13,16,23-24,31H,2,5-8,11,14-15,17-18H2,(H,30,33)/t23-,24-/m1/s1. The van der Waals surface area contributed by atoms with Crippen LogP contribution in [0.2, 0.25) is 0 Å². The number of hydrogen-bond donors (Lipinski definition) is 2. The number of nitrogens with zero attached hydrogens (tertiary/aromatic N) is 1. The molecule has 0 radical (unpaired) electrons. The number of halogens is 3. The predicted molar refractivity (Wildman–Crippen MR) is 131 cm³/mol. The minimum Gasteiger partial charge on any atom is -0.349 e. The van der Waals surface area contributed by atoms with Gasteiger partial charge < -0.3 is 5.32 Å². The fourth-order valence-electron chi connectivity index (χ4n) is 5.01. The normalized spacial score (nSPS) is 19.9. The average Bonchev–Trinajstić information content (AvgIpc) is 2.84. The molecule has 36 heavy (non-hydrogen) atoms. The van der Waals surface area contributed by atoms with Gasteiger partial charge in [0.1, 0.15) is 6.04 Å². The number of piperidine rings is 1. The summed E-state index contributed by atoms with van der Waals surface area (Å²) in [6, 6.07) is 10.0. The number of aryl methyl sites for hydroxylation is 1. The van der Waals surface area contributed by atoms with Crippen LogP contribution < -0.4 is 10.0 Å². The lowest BCUT2D eigenvalue weighted by Crippen LogP contribution is -2.48. The summed E-state index contributed by atoms with van der Waals surface area (Å²) in [5, 5.41) is 2.72. The molecule has 1 aliphatic heterocycles. The van der Waals surface area contributed by atoms with Crippen LogP contribution in [0.25, 0.3) is 0 Å². The van der Waals surface area contributed by atoms with Gasteiger partial charge in [0.25, 0.3) is 0 Å². The van der Waals surface area contributed by atoms with E-state index in [2.05, 4.69) is 16.3 Å². The van der Waals surface area contributed by atoms with Crippen molar-refractivity contribution in [1.29, 1.82) is 0 Å². The van der Waals surface area contributed by atoms with Crippen molar-refractivity contribution >= 4 is 15.9 Å². The van der Waals surface area contributed by atoms with Crippen molar-refractivity contribution in [2.75, 3.05) is 13.1 Å². The lowest BCUT2D eigenvalue weighted by atomic mass is 9.86. The number of alkyl halides is 3. The molecule has 196 valence electrons. The van der Waals surface area contributed by atoms with Crippen LogP contribution in [-0.2, 0) is 27.8 Å². The number of sulfonamides is 1. The average molecular weight is 524 g/mol. The molecule has 4 rings (SSSR count). The first-order valence-corrected chi connectivity index (χ1v) is 13.9. The summed E-state index contributed by atoms with van der Waals surface area (Å²) >= 11 is 0. The first kappa shape index (κ1) is 26.6. The molecule has 1 saturated heterocycles. The minimum absolute atomic E-state index is 0.291. The Labute approximate surface area is 210 Å². The van der Waals surface area contributed by atoms with Crippen LogP contribution in [0, 0.1) is 0 Å². The Hall–Kier alpha value is -2.43. The molecule has 1 amide bonds. The second kappa shape index (κ2) is 11.3. The van der Waals surface area contributed by atoms with E-state index in [-0.39, 0.29) is 4.90 Å². The molecule has 0 unspecified atom stereocenters. The maximum absolute atomic E-state index is 13.7. The Bertz CT molecular complexity index is 1150. The number of carbonyl (C=O) groups excluding carboxylic acids is 1.